The van der Waals surface area contributed by atoms with Gasteiger partial charge in [-0.15, -0.1) is 11.8 Å². The fourth-order valence-corrected chi connectivity index (χ4v) is 2.69. The van der Waals surface area contributed by atoms with Crippen molar-refractivity contribution in [3.63, 3.8) is 0 Å². The zero-order chi connectivity index (χ0) is 14.5. The van der Waals surface area contributed by atoms with Crippen LogP contribution < -0.4 is 0 Å². The molecule has 2 aromatic rings. The lowest BCUT2D eigenvalue weighted by Gasteiger charge is -2.09. The van der Waals surface area contributed by atoms with Crippen LogP contribution in [0.4, 0.5) is 4.39 Å². The van der Waals surface area contributed by atoms with E-state index in [-0.39, 0.29) is 5.82 Å². The van der Waals surface area contributed by atoms with Crippen LogP contribution in [0.2, 0.25) is 0 Å². The van der Waals surface area contributed by atoms with Crippen LogP contribution >= 0.6 is 11.8 Å². The lowest BCUT2D eigenvalue weighted by Crippen LogP contribution is -2.14. The molecule has 5 heteroatoms. The summed E-state index contributed by atoms with van der Waals surface area (Å²) in [5.41, 5.74) is 0.861. The maximum atomic E-state index is 13.4. The van der Waals surface area contributed by atoms with Crippen LogP contribution in [0, 0.1) is 5.82 Å². The van der Waals surface area contributed by atoms with Gasteiger partial charge in [0.1, 0.15) is 5.82 Å². The number of thioether (sulfide) groups is 1. The molecule has 0 aliphatic rings. The second-order valence-electron chi connectivity index (χ2n) is 4.98. The largest absolute Gasteiger partial charge is 0.392 e. The lowest BCUT2D eigenvalue weighted by molar-refractivity contribution is 0.198. The summed E-state index contributed by atoms with van der Waals surface area (Å²) in [6.07, 6.45) is 1.87. The number of benzene rings is 1. The third kappa shape index (κ3) is 4.08. The smallest absolute Gasteiger partial charge is 0.136 e. The van der Waals surface area contributed by atoms with Crippen molar-refractivity contribution in [3.05, 3.63) is 48.0 Å². The van der Waals surface area contributed by atoms with Gasteiger partial charge in [-0.25, -0.2) is 4.39 Å². The fraction of sp³-hybridized carbons (Fsp3) is 0.400. The molecule has 1 atom stereocenters. The van der Waals surface area contributed by atoms with Crippen LogP contribution in [-0.2, 0) is 6.42 Å². The van der Waals surface area contributed by atoms with Crippen molar-refractivity contribution < 1.29 is 9.50 Å². The summed E-state index contributed by atoms with van der Waals surface area (Å²) in [5, 5.41) is 14.4. The number of rotatable bonds is 6. The quantitative estimate of drug-likeness (QED) is 0.831. The Balaban J connectivity index is 1.86. The van der Waals surface area contributed by atoms with Crippen molar-refractivity contribution in [1.82, 2.24) is 9.78 Å². The molecule has 1 N–H and O–H groups in total. The van der Waals surface area contributed by atoms with E-state index in [2.05, 4.69) is 18.9 Å². The summed E-state index contributed by atoms with van der Waals surface area (Å²) >= 11 is 1.33. The summed E-state index contributed by atoms with van der Waals surface area (Å²) in [5.74, 6) is 0.212. The van der Waals surface area contributed by atoms with E-state index in [9.17, 15) is 9.50 Å². The Kier molecular flexibility index (Phi) is 5.20. The minimum absolute atomic E-state index is 0.242. The average molecular weight is 294 g/mol. The molecular formula is C15H19FN2OS. The van der Waals surface area contributed by atoms with E-state index in [4.69, 9.17) is 0 Å². The van der Waals surface area contributed by atoms with Crippen LogP contribution in [0.15, 0.2) is 41.4 Å². The fourth-order valence-electron chi connectivity index (χ4n) is 1.82. The van der Waals surface area contributed by atoms with Crippen LogP contribution in [0.1, 0.15) is 25.6 Å². The first-order valence-corrected chi connectivity index (χ1v) is 7.64. The third-order valence-electron chi connectivity index (χ3n) is 2.91. The minimum atomic E-state index is -0.532. The Labute approximate surface area is 122 Å². The zero-order valence-corrected chi connectivity index (χ0v) is 12.5. The number of halogens is 1. The summed E-state index contributed by atoms with van der Waals surface area (Å²) in [6, 6.07) is 8.83. The van der Waals surface area contributed by atoms with Gasteiger partial charge >= 0.3 is 0 Å². The van der Waals surface area contributed by atoms with Gasteiger partial charge in [-0.05, 0) is 32.0 Å². The monoisotopic (exact) mass is 294 g/mol. The average Bonchev–Trinajstić information content (AvgIpc) is 2.86. The summed E-state index contributed by atoms with van der Waals surface area (Å²) in [7, 11) is 0. The van der Waals surface area contributed by atoms with Gasteiger partial charge in [0.15, 0.2) is 0 Å². The van der Waals surface area contributed by atoms with Crippen molar-refractivity contribution in [2.75, 3.05) is 5.75 Å². The minimum Gasteiger partial charge on any atom is -0.392 e. The molecule has 1 aromatic carbocycles. The molecule has 2 rings (SSSR count). The molecule has 0 aliphatic carbocycles. The maximum Gasteiger partial charge on any atom is 0.136 e. The normalized spacial score (nSPS) is 12.8. The van der Waals surface area contributed by atoms with Crippen LogP contribution in [-0.4, -0.2) is 26.7 Å². The number of aliphatic hydroxyl groups excluding tert-OH is 1. The van der Waals surface area contributed by atoms with E-state index >= 15 is 0 Å². The highest BCUT2D eigenvalue weighted by Crippen LogP contribution is 2.22. The molecule has 0 bridgehead atoms. The molecule has 1 unspecified atom stereocenters. The highest BCUT2D eigenvalue weighted by atomic mass is 32.2. The number of hydrogen-bond donors (Lipinski definition) is 1. The molecule has 0 amide bonds. The van der Waals surface area contributed by atoms with Gasteiger partial charge < -0.3 is 5.11 Å². The SMILES string of the molecule is CC(C)n1ccc(CC(O)CSc2ccccc2F)n1. The molecule has 0 aliphatic heterocycles. The molecular weight excluding hydrogens is 275 g/mol. The Morgan fingerprint density at radius 1 is 1.30 bits per heavy atom. The molecule has 0 saturated heterocycles. The van der Waals surface area contributed by atoms with Crippen LogP contribution in [0.3, 0.4) is 0 Å². The Morgan fingerprint density at radius 3 is 2.70 bits per heavy atom. The summed E-state index contributed by atoms with van der Waals surface area (Å²) in [6.45, 7) is 4.11. The third-order valence-corrected chi connectivity index (χ3v) is 4.10. The molecule has 0 spiro atoms. The van der Waals surface area contributed by atoms with Gasteiger partial charge in [0.2, 0.25) is 0 Å². The van der Waals surface area contributed by atoms with Crippen molar-refractivity contribution in [1.29, 1.82) is 0 Å². The highest BCUT2D eigenvalue weighted by Gasteiger charge is 2.11. The van der Waals surface area contributed by atoms with Crippen molar-refractivity contribution in [3.8, 4) is 0 Å². The molecule has 0 saturated carbocycles. The number of aromatic nitrogens is 2. The Hall–Kier alpha value is -1.33. The topological polar surface area (TPSA) is 38.0 Å². The molecule has 0 fully saturated rings. The number of hydrogen-bond acceptors (Lipinski definition) is 3. The second-order valence-corrected chi connectivity index (χ2v) is 6.04. The van der Waals surface area contributed by atoms with Gasteiger partial charge in [0.25, 0.3) is 0 Å². The Bertz CT molecular complexity index is 556. The maximum absolute atomic E-state index is 13.4. The van der Waals surface area contributed by atoms with E-state index in [1.54, 1.807) is 18.2 Å². The highest BCUT2D eigenvalue weighted by molar-refractivity contribution is 7.99. The van der Waals surface area contributed by atoms with Gasteiger partial charge in [-0.1, -0.05) is 12.1 Å². The van der Waals surface area contributed by atoms with Gasteiger partial charge in [0, 0.05) is 29.3 Å². The van der Waals surface area contributed by atoms with Gasteiger partial charge in [0.05, 0.1) is 11.8 Å². The van der Waals surface area contributed by atoms with Crippen molar-refractivity contribution >= 4 is 11.8 Å². The van der Waals surface area contributed by atoms with E-state index in [0.717, 1.165) is 5.69 Å². The molecule has 108 valence electrons. The zero-order valence-electron chi connectivity index (χ0n) is 11.7. The summed E-state index contributed by atoms with van der Waals surface area (Å²) in [4.78, 5) is 0.569. The lowest BCUT2D eigenvalue weighted by atomic mass is 10.2. The van der Waals surface area contributed by atoms with Crippen LogP contribution in [0.25, 0.3) is 0 Å². The predicted octanol–water partition coefficient (Wildman–Crippen LogP) is 3.30. The van der Waals surface area contributed by atoms with E-state index in [1.807, 2.05) is 16.9 Å². The second kappa shape index (κ2) is 6.90. The Morgan fingerprint density at radius 2 is 2.05 bits per heavy atom. The molecule has 1 aromatic heterocycles. The van der Waals surface area contributed by atoms with Crippen molar-refractivity contribution in [2.24, 2.45) is 0 Å². The first-order chi connectivity index (χ1) is 9.56. The first-order valence-electron chi connectivity index (χ1n) is 6.65. The molecule has 1 heterocycles. The van der Waals surface area contributed by atoms with Gasteiger partial charge in [-0.2, -0.15) is 5.10 Å². The predicted molar refractivity (Wildman–Crippen MR) is 79.4 cm³/mol. The van der Waals surface area contributed by atoms with E-state index in [1.165, 1.54) is 17.8 Å². The molecule has 0 radical (unpaired) electrons. The van der Waals surface area contributed by atoms with E-state index in [0.29, 0.717) is 23.1 Å². The van der Waals surface area contributed by atoms with Crippen molar-refractivity contribution in [2.45, 2.75) is 37.3 Å². The number of nitrogens with zero attached hydrogens (tertiary/aromatic N) is 2. The molecule has 20 heavy (non-hydrogen) atoms. The number of aliphatic hydroxyl groups is 1. The van der Waals surface area contributed by atoms with Gasteiger partial charge in [-0.3, -0.25) is 4.68 Å². The van der Waals surface area contributed by atoms with Crippen LogP contribution in [0.5, 0.6) is 0 Å². The first kappa shape index (κ1) is 15.1. The molecule has 3 nitrogen and oxygen atoms in total. The van der Waals surface area contributed by atoms with E-state index < -0.39 is 6.10 Å². The summed E-state index contributed by atoms with van der Waals surface area (Å²) < 4.78 is 15.3. The standard InChI is InChI=1S/C15H19FN2OS/c1-11(2)18-8-7-12(17-18)9-13(19)10-20-15-6-4-3-5-14(15)16/h3-8,11,13,19H,9-10H2,1-2H3.